The first kappa shape index (κ1) is 14.7. The number of anilines is 1. The van der Waals surface area contributed by atoms with E-state index in [2.05, 4.69) is 36.4 Å². The molecule has 2 rings (SSSR count). The van der Waals surface area contributed by atoms with Crippen LogP contribution in [-0.2, 0) is 12.3 Å². The zero-order chi connectivity index (χ0) is 13.8. The average Bonchev–Trinajstić information content (AvgIpc) is 2.90. The molecular formula is C15H17Cl2NS. The number of benzene rings is 1. The van der Waals surface area contributed by atoms with E-state index in [9.17, 15) is 0 Å². The maximum Gasteiger partial charge on any atom is 0.0494 e. The highest BCUT2D eigenvalue weighted by Crippen LogP contribution is 2.28. The Morgan fingerprint density at radius 3 is 2.74 bits per heavy atom. The largest absolute Gasteiger partial charge is 0.371 e. The predicted molar refractivity (Wildman–Crippen MR) is 86.9 cm³/mol. The van der Waals surface area contributed by atoms with Crippen molar-refractivity contribution in [2.75, 3.05) is 11.9 Å². The van der Waals surface area contributed by atoms with Gasteiger partial charge in [0.05, 0.1) is 0 Å². The second-order valence-corrected chi connectivity index (χ2v) is 6.39. The molecule has 0 saturated heterocycles. The van der Waals surface area contributed by atoms with Crippen LogP contribution in [0.3, 0.4) is 0 Å². The lowest BCUT2D eigenvalue weighted by Crippen LogP contribution is -2.31. The van der Waals surface area contributed by atoms with Gasteiger partial charge in [-0.1, -0.05) is 23.7 Å². The number of rotatable bonds is 5. The van der Waals surface area contributed by atoms with E-state index in [0.717, 1.165) is 22.7 Å². The zero-order valence-corrected chi connectivity index (χ0v) is 13.4. The molecule has 2 aromatic rings. The number of thiophene rings is 1. The molecule has 0 N–H and O–H groups in total. The van der Waals surface area contributed by atoms with Gasteiger partial charge in [-0.3, -0.25) is 0 Å². The third-order valence-corrected chi connectivity index (χ3v) is 4.73. The van der Waals surface area contributed by atoms with Crippen molar-refractivity contribution >= 4 is 40.2 Å². The Morgan fingerprint density at radius 2 is 2.11 bits per heavy atom. The lowest BCUT2D eigenvalue weighted by molar-refractivity contribution is 0.686. The van der Waals surface area contributed by atoms with Gasteiger partial charge in [0.15, 0.2) is 0 Å². The van der Waals surface area contributed by atoms with Crippen LogP contribution in [0.25, 0.3) is 0 Å². The molecule has 0 radical (unpaired) electrons. The van der Waals surface area contributed by atoms with Crippen LogP contribution >= 0.6 is 34.5 Å². The van der Waals surface area contributed by atoms with Crippen molar-refractivity contribution in [3.8, 4) is 0 Å². The van der Waals surface area contributed by atoms with Gasteiger partial charge >= 0.3 is 0 Å². The van der Waals surface area contributed by atoms with E-state index in [1.165, 1.54) is 4.88 Å². The summed E-state index contributed by atoms with van der Waals surface area (Å²) in [7, 11) is 2.10. The SMILES string of the molecule is CC(Cc1cccs1)N(C)c1cc(Cl)ccc1CCl. The first-order chi connectivity index (χ1) is 9.11. The van der Waals surface area contributed by atoms with Crippen LogP contribution in [-0.4, -0.2) is 13.1 Å². The standard InChI is InChI=1S/C15H17Cl2NS/c1-11(8-14-4-3-7-19-14)18(2)15-9-13(17)6-5-12(15)10-16/h3-7,9,11H,8,10H2,1-2H3. The third-order valence-electron chi connectivity index (χ3n) is 3.31. The molecule has 0 aliphatic heterocycles. The minimum atomic E-state index is 0.402. The maximum absolute atomic E-state index is 6.10. The lowest BCUT2D eigenvalue weighted by atomic mass is 10.1. The van der Waals surface area contributed by atoms with Crippen molar-refractivity contribution in [2.45, 2.75) is 25.3 Å². The van der Waals surface area contributed by atoms with Crippen LogP contribution in [0.4, 0.5) is 5.69 Å². The van der Waals surface area contributed by atoms with E-state index in [-0.39, 0.29) is 0 Å². The van der Waals surface area contributed by atoms with E-state index in [4.69, 9.17) is 23.2 Å². The first-order valence-electron chi connectivity index (χ1n) is 6.21. The van der Waals surface area contributed by atoms with Gasteiger partial charge in [0, 0.05) is 41.0 Å². The fraction of sp³-hybridized carbons (Fsp3) is 0.333. The van der Waals surface area contributed by atoms with Gasteiger partial charge in [-0.25, -0.2) is 0 Å². The number of nitrogens with zero attached hydrogens (tertiary/aromatic N) is 1. The van der Waals surface area contributed by atoms with Gasteiger partial charge < -0.3 is 4.90 Å². The van der Waals surface area contributed by atoms with E-state index >= 15 is 0 Å². The molecule has 1 aromatic heterocycles. The van der Waals surface area contributed by atoms with Crippen molar-refractivity contribution in [3.63, 3.8) is 0 Å². The van der Waals surface area contributed by atoms with E-state index < -0.39 is 0 Å². The summed E-state index contributed by atoms with van der Waals surface area (Å²) in [5.74, 6) is 0.503. The van der Waals surface area contributed by atoms with E-state index in [0.29, 0.717) is 11.9 Å². The molecule has 1 nitrogen and oxygen atoms in total. The molecule has 102 valence electrons. The average molecular weight is 314 g/mol. The summed E-state index contributed by atoms with van der Waals surface area (Å²) >= 11 is 13.9. The summed E-state index contributed by atoms with van der Waals surface area (Å²) in [6, 6.07) is 10.6. The third kappa shape index (κ3) is 3.65. The van der Waals surface area contributed by atoms with Crippen molar-refractivity contribution in [1.29, 1.82) is 0 Å². The van der Waals surface area contributed by atoms with Crippen LogP contribution in [0.1, 0.15) is 17.4 Å². The van der Waals surface area contributed by atoms with Gasteiger partial charge in [0.25, 0.3) is 0 Å². The molecule has 4 heteroatoms. The molecule has 19 heavy (non-hydrogen) atoms. The molecule has 0 aliphatic carbocycles. The maximum atomic E-state index is 6.10. The zero-order valence-electron chi connectivity index (χ0n) is 11.1. The number of alkyl halides is 1. The summed E-state index contributed by atoms with van der Waals surface area (Å²) in [5, 5.41) is 2.87. The normalized spacial score (nSPS) is 12.4. The van der Waals surface area contributed by atoms with Crippen LogP contribution < -0.4 is 4.90 Å². The summed E-state index contributed by atoms with van der Waals surface area (Å²) in [4.78, 5) is 3.65. The van der Waals surface area contributed by atoms with Crippen molar-refractivity contribution in [2.24, 2.45) is 0 Å². The molecule has 0 saturated carbocycles. The quantitative estimate of drug-likeness (QED) is 0.685. The minimum Gasteiger partial charge on any atom is -0.371 e. The molecule has 0 amide bonds. The number of hydrogen-bond acceptors (Lipinski definition) is 2. The molecule has 1 heterocycles. The Bertz CT molecular complexity index is 525. The Hall–Kier alpha value is -0.700. The van der Waals surface area contributed by atoms with E-state index in [1.807, 2.05) is 18.2 Å². The highest BCUT2D eigenvalue weighted by molar-refractivity contribution is 7.09. The fourth-order valence-corrected chi connectivity index (χ4v) is 3.29. The number of hydrogen-bond donors (Lipinski definition) is 0. The molecule has 1 unspecified atom stereocenters. The Kier molecular flexibility index (Phi) is 5.14. The molecule has 0 aliphatic rings. The van der Waals surface area contributed by atoms with Crippen LogP contribution in [0.15, 0.2) is 35.7 Å². The van der Waals surface area contributed by atoms with Gasteiger partial charge in [0.1, 0.15) is 0 Å². The van der Waals surface area contributed by atoms with Gasteiger partial charge in [0.2, 0.25) is 0 Å². The van der Waals surface area contributed by atoms with Gasteiger partial charge in [-0.15, -0.1) is 22.9 Å². The fourth-order valence-electron chi connectivity index (χ4n) is 2.07. The minimum absolute atomic E-state index is 0.402. The summed E-state index contributed by atoms with van der Waals surface area (Å²) in [6.07, 6.45) is 1.03. The highest BCUT2D eigenvalue weighted by atomic mass is 35.5. The second-order valence-electron chi connectivity index (χ2n) is 4.65. The van der Waals surface area contributed by atoms with Crippen molar-refractivity contribution < 1.29 is 0 Å². The van der Waals surface area contributed by atoms with Gasteiger partial charge in [-0.05, 0) is 36.1 Å². The lowest BCUT2D eigenvalue weighted by Gasteiger charge is -2.28. The predicted octanol–water partition coefficient (Wildman–Crippen LogP) is 5.21. The Labute approximate surface area is 128 Å². The Morgan fingerprint density at radius 1 is 1.32 bits per heavy atom. The Balaban J connectivity index is 2.18. The molecule has 0 fully saturated rings. The smallest absolute Gasteiger partial charge is 0.0494 e. The molecule has 0 bridgehead atoms. The number of halogens is 2. The number of likely N-dealkylation sites (N-methyl/N-ethyl adjacent to an activating group) is 1. The highest BCUT2D eigenvalue weighted by Gasteiger charge is 2.14. The summed E-state index contributed by atoms with van der Waals surface area (Å²) in [5.41, 5.74) is 2.23. The summed E-state index contributed by atoms with van der Waals surface area (Å²) in [6.45, 7) is 2.22. The van der Waals surface area contributed by atoms with Crippen molar-refractivity contribution in [1.82, 2.24) is 0 Å². The van der Waals surface area contributed by atoms with Crippen molar-refractivity contribution in [3.05, 3.63) is 51.2 Å². The molecular weight excluding hydrogens is 297 g/mol. The monoisotopic (exact) mass is 313 g/mol. The molecule has 1 atom stereocenters. The molecule has 0 spiro atoms. The topological polar surface area (TPSA) is 3.24 Å². The van der Waals surface area contributed by atoms with Gasteiger partial charge in [-0.2, -0.15) is 0 Å². The van der Waals surface area contributed by atoms with Crippen LogP contribution in [0, 0.1) is 0 Å². The van der Waals surface area contributed by atoms with Crippen LogP contribution in [0.5, 0.6) is 0 Å². The summed E-state index contributed by atoms with van der Waals surface area (Å²) < 4.78 is 0. The second kappa shape index (κ2) is 6.65. The van der Waals surface area contributed by atoms with E-state index in [1.54, 1.807) is 11.3 Å². The van der Waals surface area contributed by atoms with Crippen LogP contribution in [0.2, 0.25) is 5.02 Å². The first-order valence-corrected chi connectivity index (χ1v) is 8.00. The molecule has 1 aromatic carbocycles.